The number of aliphatic hydroxyl groups is 1. The maximum Gasteiger partial charge on any atom is 0.0692 e. The summed E-state index contributed by atoms with van der Waals surface area (Å²) in [5.41, 5.74) is 0. The molecule has 90 valence electrons. The molecule has 0 amide bonds. The summed E-state index contributed by atoms with van der Waals surface area (Å²) in [5.74, 6) is 0. The summed E-state index contributed by atoms with van der Waals surface area (Å²) in [4.78, 5) is 2.52. The Bertz CT molecular complexity index is 161. The molecule has 1 heterocycles. The van der Waals surface area contributed by atoms with Gasteiger partial charge in [-0.15, -0.1) is 0 Å². The van der Waals surface area contributed by atoms with E-state index in [4.69, 9.17) is 0 Å². The van der Waals surface area contributed by atoms with Crippen LogP contribution in [0.5, 0.6) is 0 Å². The second-order valence-electron chi connectivity index (χ2n) is 4.78. The van der Waals surface area contributed by atoms with E-state index < -0.39 is 0 Å². The van der Waals surface area contributed by atoms with E-state index in [1.165, 1.54) is 51.6 Å². The second-order valence-corrected chi connectivity index (χ2v) is 4.78. The third-order valence-corrected chi connectivity index (χ3v) is 3.58. The predicted molar refractivity (Wildman–Crippen MR) is 65.0 cm³/mol. The Balaban J connectivity index is 2.35. The van der Waals surface area contributed by atoms with Gasteiger partial charge in [-0.3, -0.25) is 4.90 Å². The van der Waals surface area contributed by atoms with Crippen LogP contribution >= 0.6 is 0 Å². The number of piperidine rings is 1. The Morgan fingerprint density at radius 2 is 2.07 bits per heavy atom. The standard InChI is InChI=1S/C13H27NO/c1-3-5-7-10-14-11-8-6-9-12(14)13(15)4-2/h12-13,15H,3-11H2,1-2H3. The summed E-state index contributed by atoms with van der Waals surface area (Å²) in [6.07, 6.45) is 8.51. The summed E-state index contributed by atoms with van der Waals surface area (Å²) in [7, 11) is 0. The van der Waals surface area contributed by atoms with E-state index in [0.717, 1.165) is 6.42 Å². The van der Waals surface area contributed by atoms with Crippen LogP contribution < -0.4 is 0 Å². The molecule has 0 aromatic carbocycles. The molecular weight excluding hydrogens is 186 g/mol. The molecule has 2 unspecified atom stereocenters. The Kier molecular flexibility index (Phi) is 6.26. The topological polar surface area (TPSA) is 23.5 Å². The lowest BCUT2D eigenvalue weighted by molar-refractivity contribution is 0.0232. The van der Waals surface area contributed by atoms with E-state index >= 15 is 0 Å². The minimum atomic E-state index is -0.105. The zero-order chi connectivity index (χ0) is 11.1. The van der Waals surface area contributed by atoms with Gasteiger partial charge in [-0.05, 0) is 38.8 Å². The zero-order valence-electron chi connectivity index (χ0n) is 10.4. The van der Waals surface area contributed by atoms with E-state index in [-0.39, 0.29) is 6.10 Å². The van der Waals surface area contributed by atoms with Crippen molar-refractivity contribution in [3.8, 4) is 0 Å². The number of aliphatic hydroxyl groups excluding tert-OH is 1. The average Bonchev–Trinajstić information content (AvgIpc) is 2.29. The molecule has 0 aromatic rings. The van der Waals surface area contributed by atoms with E-state index in [2.05, 4.69) is 18.7 Å². The quantitative estimate of drug-likeness (QED) is 0.686. The van der Waals surface area contributed by atoms with Gasteiger partial charge in [0.1, 0.15) is 0 Å². The molecule has 0 radical (unpaired) electrons. The number of hydrogen-bond donors (Lipinski definition) is 1. The third kappa shape index (κ3) is 4.12. The molecule has 1 rings (SSSR count). The van der Waals surface area contributed by atoms with Gasteiger partial charge in [0, 0.05) is 6.04 Å². The molecule has 1 aliphatic rings. The Morgan fingerprint density at radius 3 is 2.73 bits per heavy atom. The molecule has 2 atom stereocenters. The maximum atomic E-state index is 9.97. The van der Waals surface area contributed by atoms with Crippen molar-refractivity contribution < 1.29 is 5.11 Å². The first-order valence-corrected chi connectivity index (χ1v) is 6.71. The zero-order valence-corrected chi connectivity index (χ0v) is 10.4. The highest BCUT2D eigenvalue weighted by Gasteiger charge is 2.26. The number of hydrogen-bond acceptors (Lipinski definition) is 2. The highest BCUT2D eigenvalue weighted by atomic mass is 16.3. The van der Waals surface area contributed by atoms with Gasteiger partial charge in [-0.2, -0.15) is 0 Å². The SMILES string of the molecule is CCCCCN1CCCCC1C(O)CC. The largest absolute Gasteiger partial charge is 0.392 e. The average molecular weight is 213 g/mol. The van der Waals surface area contributed by atoms with Gasteiger partial charge in [0.05, 0.1) is 6.10 Å². The van der Waals surface area contributed by atoms with Crippen LogP contribution in [0.4, 0.5) is 0 Å². The summed E-state index contributed by atoms with van der Waals surface area (Å²) in [6.45, 7) is 6.72. The molecule has 2 heteroatoms. The summed E-state index contributed by atoms with van der Waals surface area (Å²) in [6, 6.07) is 0.445. The van der Waals surface area contributed by atoms with Crippen LogP contribution in [0.2, 0.25) is 0 Å². The Labute approximate surface area is 94.7 Å². The van der Waals surface area contributed by atoms with Crippen molar-refractivity contribution >= 4 is 0 Å². The molecule has 15 heavy (non-hydrogen) atoms. The van der Waals surface area contributed by atoms with Gasteiger partial charge in [0.15, 0.2) is 0 Å². The van der Waals surface area contributed by atoms with Gasteiger partial charge < -0.3 is 5.11 Å². The molecule has 1 saturated heterocycles. The first-order valence-electron chi connectivity index (χ1n) is 6.71. The van der Waals surface area contributed by atoms with Crippen molar-refractivity contribution in [2.75, 3.05) is 13.1 Å². The van der Waals surface area contributed by atoms with Crippen LogP contribution in [0.25, 0.3) is 0 Å². The van der Waals surface area contributed by atoms with Crippen molar-refractivity contribution in [3.63, 3.8) is 0 Å². The van der Waals surface area contributed by atoms with E-state index in [9.17, 15) is 5.11 Å². The maximum absolute atomic E-state index is 9.97. The number of nitrogens with zero attached hydrogens (tertiary/aromatic N) is 1. The fourth-order valence-electron chi connectivity index (χ4n) is 2.57. The van der Waals surface area contributed by atoms with E-state index in [1.807, 2.05) is 0 Å². The molecule has 1 N–H and O–H groups in total. The van der Waals surface area contributed by atoms with Crippen molar-refractivity contribution in [2.45, 2.75) is 70.9 Å². The number of likely N-dealkylation sites (tertiary alicyclic amines) is 1. The van der Waals surface area contributed by atoms with Crippen LogP contribution in [-0.2, 0) is 0 Å². The lowest BCUT2D eigenvalue weighted by Gasteiger charge is -2.38. The fraction of sp³-hybridized carbons (Fsp3) is 1.00. The normalized spacial score (nSPS) is 25.4. The fourth-order valence-corrected chi connectivity index (χ4v) is 2.57. The summed E-state index contributed by atoms with van der Waals surface area (Å²) in [5, 5.41) is 9.97. The van der Waals surface area contributed by atoms with Gasteiger partial charge in [0.25, 0.3) is 0 Å². The lowest BCUT2D eigenvalue weighted by Crippen LogP contribution is -2.46. The summed E-state index contributed by atoms with van der Waals surface area (Å²) < 4.78 is 0. The Morgan fingerprint density at radius 1 is 1.27 bits per heavy atom. The molecule has 2 nitrogen and oxygen atoms in total. The number of unbranched alkanes of at least 4 members (excludes halogenated alkanes) is 2. The monoisotopic (exact) mass is 213 g/mol. The second kappa shape index (κ2) is 7.24. The van der Waals surface area contributed by atoms with Gasteiger partial charge in [-0.25, -0.2) is 0 Å². The molecule has 0 spiro atoms. The van der Waals surface area contributed by atoms with Crippen LogP contribution in [0.3, 0.4) is 0 Å². The highest BCUT2D eigenvalue weighted by molar-refractivity contribution is 4.82. The van der Waals surface area contributed by atoms with Gasteiger partial charge >= 0.3 is 0 Å². The van der Waals surface area contributed by atoms with Crippen LogP contribution in [0, 0.1) is 0 Å². The van der Waals surface area contributed by atoms with Crippen molar-refractivity contribution in [3.05, 3.63) is 0 Å². The molecule has 0 aromatic heterocycles. The minimum Gasteiger partial charge on any atom is -0.392 e. The summed E-state index contributed by atoms with van der Waals surface area (Å²) >= 11 is 0. The highest BCUT2D eigenvalue weighted by Crippen LogP contribution is 2.21. The van der Waals surface area contributed by atoms with Crippen LogP contribution in [-0.4, -0.2) is 35.2 Å². The van der Waals surface area contributed by atoms with Crippen LogP contribution in [0.1, 0.15) is 58.8 Å². The molecular formula is C13H27NO. The first kappa shape index (κ1) is 13.0. The lowest BCUT2D eigenvalue weighted by atomic mass is 9.95. The first-order chi connectivity index (χ1) is 7.29. The molecule has 0 aliphatic carbocycles. The minimum absolute atomic E-state index is 0.105. The smallest absolute Gasteiger partial charge is 0.0692 e. The van der Waals surface area contributed by atoms with Gasteiger partial charge in [0.2, 0.25) is 0 Å². The van der Waals surface area contributed by atoms with Crippen molar-refractivity contribution in [2.24, 2.45) is 0 Å². The molecule has 0 saturated carbocycles. The number of rotatable bonds is 6. The predicted octanol–water partition coefficient (Wildman–Crippen LogP) is 2.80. The molecule has 1 aliphatic heterocycles. The van der Waals surface area contributed by atoms with E-state index in [0.29, 0.717) is 6.04 Å². The van der Waals surface area contributed by atoms with Crippen LogP contribution in [0.15, 0.2) is 0 Å². The molecule has 0 bridgehead atoms. The Hall–Kier alpha value is -0.0800. The molecule has 1 fully saturated rings. The third-order valence-electron chi connectivity index (χ3n) is 3.58. The van der Waals surface area contributed by atoms with Crippen molar-refractivity contribution in [1.29, 1.82) is 0 Å². The van der Waals surface area contributed by atoms with Gasteiger partial charge in [-0.1, -0.05) is 33.1 Å². The van der Waals surface area contributed by atoms with Crippen molar-refractivity contribution in [1.82, 2.24) is 4.90 Å². The van der Waals surface area contributed by atoms with E-state index in [1.54, 1.807) is 0 Å².